The van der Waals surface area contributed by atoms with Crippen molar-refractivity contribution in [2.45, 2.75) is 45.8 Å². The van der Waals surface area contributed by atoms with Crippen LogP contribution in [0.25, 0.3) is 11.5 Å². The molecule has 0 amide bonds. The molecule has 3 aromatic rings. The molecule has 0 aromatic heterocycles. The number of aryl methyl sites for hydroxylation is 3. The molecule has 0 fully saturated rings. The molecule has 206 valence electrons. The third-order valence-electron chi connectivity index (χ3n) is 6.82. The lowest BCUT2D eigenvalue weighted by molar-refractivity contribution is -0.139. The number of nitrogens with one attached hydrogen (secondary N) is 2. The monoisotopic (exact) mass is 565 g/mol. The smallest absolute Gasteiger partial charge is 0.303 e. The molecule has 0 saturated heterocycles. The van der Waals surface area contributed by atoms with Crippen LogP contribution in [-0.2, 0) is 6.05 Å². The second-order valence-corrected chi connectivity index (χ2v) is 10.0. The first-order valence-corrected chi connectivity index (χ1v) is 12.3. The molecule has 0 bridgehead atoms. The first kappa shape index (κ1) is 28.6. The quantitative estimate of drug-likeness (QED) is 0.177. The summed E-state index contributed by atoms with van der Waals surface area (Å²) in [6.45, 7) is 10.7. The number of anilines is 1. The summed E-state index contributed by atoms with van der Waals surface area (Å²) in [5.41, 5.74) is 7.32. The maximum atomic E-state index is 15.4. The molecule has 0 spiro atoms. The van der Waals surface area contributed by atoms with E-state index in [0.29, 0.717) is 27.9 Å². The third-order valence-corrected chi connectivity index (χ3v) is 7.21. The predicted octanol–water partition coefficient (Wildman–Crippen LogP) is 9.10. The van der Waals surface area contributed by atoms with Crippen molar-refractivity contribution < 1.29 is 26.3 Å². The van der Waals surface area contributed by atoms with Crippen LogP contribution in [0.2, 0.25) is 5.02 Å². The largest absolute Gasteiger partial charge is 0.399 e. The number of fused-ring (bicyclic) bond motifs is 1. The summed E-state index contributed by atoms with van der Waals surface area (Å²) in [7, 11) is 0. The fourth-order valence-corrected chi connectivity index (χ4v) is 4.73. The Labute approximate surface area is 227 Å². The van der Waals surface area contributed by atoms with Crippen molar-refractivity contribution in [1.29, 1.82) is 0 Å². The van der Waals surface area contributed by atoms with Crippen molar-refractivity contribution in [3.63, 3.8) is 0 Å². The van der Waals surface area contributed by atoms with Crippen LogP contribution in [0, 0.1) is 27.7 Å². The van der Waals surface area contributed by atoms with E-state index in [1.165, 1.54) is 12.1 Å². The van der Waals surface area contributed by atoms with Gasteiger partial charge in [-0.2, -0.15) is 22.0 Å². The van der Waals surface area contributed by atoms with E-state index in [9.17, 15) is 13.2 Å². The molecule has 1 aliphatic heterocycles. The van der Waals surface area contributed by atoms with Crippen LogP contribution in [0.3, 0.4) is 0 Å². The Kier molecular flexibility index (Phi) is 7.53. The van der Waals surface area contributed by atoms with Crippen molar-refractivity contribution in [3.8, 4) is 0 Å². The molecule has 1 unspecified atom stereocenters. The SMILES string of the molecule is C=C1c2ccc(/C(F)=C/C(c3cc(C)c(C)c(Cl)c3)C(F)(F)F)cc2C(F)(F)N1NNc1ccc(C)cc1C. The summed E-state index contributed by atoms with van der Waals surface area (Å²) in [5, 5.41) is 0.614. The number of hydrazine groups is 2. The summed E-state index contributed by atoms with van der Waals surface area (Å²) < 4.78 is 88.0. The van der Waals surface area contributed by atoms with Gasteiger partial charge in [0.25, 0.3) is 0 Å². The molecule has 0 radical (unpaired) electrons. The van der Waals surface area contributed by atoms with Gasteiger partial charge in [-0.05, 0) is 74.2 Å². The van der Waals surface area contributed by atoms with Crippen LogP contribution in [0.5, 0.6) is 0 Å². The Balaban J connectivity index is 1.65. The maximum absolute atomic E-state index is 15.4. The van der Waals surface area contributed by atoms with Crippen molar-refractivity contribution in [1.82, 2.24) is 10.5 Å². The van der Waals surface area contributed by atoms with Crippen LogP contribution < -0.4 is 11.0 Å². The number of allylic oxidation sites excluding steroid dienone is 1. The number of nitrogens with zero attached hydrogens (tertiary/aromatic N) is 1. The Bertz CT molecular complexity index is 1460. The molecule has 10 heteroatoms. The number of alkyl halides is 5. The van der Waals surface area contributed by atoms with Gasteiger partial charge in [0.1, 0.15) is 11.7 Å². The summed E-state index contributed by atoms with van der Waals surface area (Å²) in [6.07, 6.45) is -4.47. The molecule has 3 aromatic carbocycles. The molecule has 4 rings (SSSR count). The van der Waals surface area contributed by atoms with Gasteiger partial charge in [0.15, 0.2) is 0 Å². The van der Waals surface area contributed by atoms with Gasteiger partial charge >= 0.3 is 12.2 Å². The minimum absolute atomic E-state index is 0.0276. The number of benzene rings is 3. The van der Waals surface area contributed by atoms with Crippen molar-refractivity contribution in [2.24, 2.45) is 0 Å². The lowest BCUT2D eigenvalue weighted by Crippen LogP contribution is -2.46. The lowest BCUT2D eigenvalue weighted by Gasteiger charge is -2.28. The van der Waals surface area contributed by atoms with Gasteiger partial charge in [-0.3, -0.25) is 0 Å². The maximum Gasteiger partial charge on any atom is 0.399 e. The first-order valence-electron chi connectivity index (χ1n) is 11.9. The fourth-order valence-electron chi connectivity index (χ4n) is 4.46. The highest BCUT2D eigenvalue weighted by atomic mass is 35.5. The molecule has 0 aliphatic carbocycles. The van der Waals surface area contributed by atoms with E-state index in [-0.39, 0.29) is 21.8 Å². The lowest BCUT2D eigenvalue weighted by atomic mass is 9.93. The number of hydrogen-bond acceptors (Lipinski definition) is 3. The van der Waals surface area contributed by atoms with Gasteiger partial charge < -0.3 is 5.43 Å². The Hall–Kier alpha value is -3.43. The minimum atomic E-state index is -4.85. The number of rotatable bonds is 6. The highest BCUT2D eigenvalue weighted by Gasteiger charge is 2.49. The molecule has 39 heavy (non-hydrogen) atoms. The van der Waals surface area contributed by atoms with Gasteiger partial charge in [0, 0.05) is 16.1 Å². The van der Waals surface area contributed by atoms with E-state index >= 15 is 13.2 Å². The molecular formula is C29H26ClF6N3. The normalized spacial score (nSPS) is 15.9. The van der Waals surface area contributed by atoms with Crippen molar-refractivity contribution in [2.75, 3.05) is 5.43 Å². The zero-order valence-corrected chi connectivity index (χ0v) is 22.3. The highest BCUT2D eigenvalue weighted by Crippen LogP contribution is 2.47. The first-order chi connectivity index (χ1) is 18.1. The molecule has 1 atom stereocenters. The molecule has 0 saturated carbocycles. The molecule has 1 aliphatic rings. The molecule has 3 nitrogen and oxygen atoms in total. The topological polar surface area (TPSA) is 27.3 Å². The summed E-state index contributed by atoms with van der Waals surface area (Å²) in [5.74, 6) is -3.63. The van der Waals surface area contributed by atoms with Gasteiger partial charge in [-0.25, -0.2) is 9.40 Å². The Morgan fingerprint density at radius 3 is 2.31 bits per heavy atom. The van der Waals surface area contributed by atoms with Crippen LogP contribution in [0.1, 0.15) is 50.4 Å². The van der Waals surface area contributed by atoms with E-state index in [2.05, 4.69) is 17.5 Å². The Morgan fingerprint density at radius 1 is 1.00 bits per heavy atom. The predicted molar refractivity (Wildman–Crippen MR) is 143 cm³/mol. The summed E-state index contributed by atoms with van der Waals surface area (Å²) in [4.78, 5) is 0. The zero-order chi connectivity index (χ0) is 28.9. The molecular weight excluding hydrogens is 540 g/mol. The summed E-state index contributed by atoms with van der Waals surface area (Å²) in [6, 6.07) is 7.35. The van der Waals surface area contributed by atoms with E-state index in [1.54, 1.807) is 19.9 Å². The van der Waals surface area contributed by atoms with Crippen molar-refractivity contribution >= 4 is 28.8 Å². The fraction of sp³-hybridized carbons (Fsp3) is 0.241. The number of hydrogen-bond donors (Lipinski definition) is 2. The minimum Gasteiger partial charge on any atom is -0.303 e. The Morgan fingerprint density at radius 2 is 1.69 bits per heavy atom. The van der Waals surface area contributed by atoms with Crippen molar-refractivity contribution in [3.05, 3.63) is 111 Å². The average molecular weight is 566 g/mol. The average Bonchev–Trinajstić information content (AvgIpc) is 3.03. The van der Waals surface area contributed by atoms with E-state index < -0.39 is 35.1 Å². The third kappa shape index (κ3) is 5.51. The highest BCUT2D eigenvalue weighted by molar-refractivity contribution is 6.31. The zero-order valence-electron chi connectivity index (χ0n) is 21.6. The van der Waals surface area contributed by atoms with Gasteiger partial charge in [0.2, 0.25) is 0 Å². The van der Waals surface area contributed by atoms with Gasteiger partial charge in [-0.1, -0.05) is 54.1 Å². The van der Waals surface area contributed by atoms with Gasteiger partial charge in [0.05, 0.1) is 16.9 Å². The molecule has 2 N–H and O–H groups in total. The van der Waals surface area contributed by atoms with E-state index in [4.69, 9.17) is 11.6 Å². The van der Waals surface area contributed by atoms with E-state index in [0.717, 1.165) is 29.3 Å². The standard InChI is InChI=1S/C29H26ClF6N3/c1-15-6-9-27(17(3)10-15)37-38-39-19(5)22-8-7-20(12-24(22)29(39,35)36)26(31)14-23(28(32,33)34)21-11-16(2)18(4)25(30)13-21/h6-14,23,37-38H,5H2,1-4H3/b26-14-. The van der Waals surface area contributed by atoms with Crippen LogP contribution in [0.15, 0.2) is 61.2 Å². The molecule has 1 heterocycles. The van der Waals surface area contributed by atoms with Crippen LogP contribution in [-0.4, -0.2) is 11.2 Å². The van der Waals surface area contributed by atoms with Crippen LogP contribution in [0.4, 0.5) is 32.0 Å². The summed E-state index contributed by atoms with van der Waals surface area (Å²) >= 11 is 6.08. The number of halogens is 7. The second kappa shape index (κ2) is 10.3. The second-order valence-electron chi connectivity index (χ2n) is 9.62. The van der Waals surface area contributed by atoms with Gasteiger partial charge in [-0.15, -0.1) is 5.53 Å². The van der Waals surface area contributed by atoms with E-state index in [1.807, 2.05) is 26.0 Å². The van der Waals surface area contributed by atoms with Crippen LogP contribution >= 0.6 is 11.6 Å².